The van der Waals surface area contributed by atoms with E-state index >= 15 is 0 Å². The summed E-state index contributed by atoms with van der Waals surface area (Å²) in [6, 6.07) is 6.72. The molecule has 0 aliphatic carbocycles. The molecule has 0 unspecified atom stereocenters. The van der Waals surface area contributed by atoms with Crippen LogP contribution in [0.2, 0.25) is 0 Å². The summed E-state index contributed by atoms with van der Waals surface area (Å²) in [6.07, 6.45) is 0. The van der Waals surface area contributed by atoms with Gasteiger partial charge in [-0.25, -0.2) is 0 Å². The Bertz CT molecular complexity index is 314. The minimum absolute atomic E-state index is 0. The maximum atomic E-state index is 10.7. The molecule has 15 heavy (non-hydrogen) atoms. The molecule has 4 N–H and O–H groups in total. The van der Waals surface area contributed by atoms with Crippen molar-refractivity contribution in [2.75, 3.05) is 11.9 Å². The van der Waals surface area contributed by atoms with Gasteiger partial charge >= 0.3 is 0 Å². The lowest BCUT2D eigenvalue weighted by Crippen LogP contribution is -2.14. The molecule has 0 saturated carbocycles. The van der Waals surface area contributed by atoms with E-state index in [0.29, 0.717) is 0 Å². The summed E-state index contributed by atoms with van der Waals surface area (Å²) in [5.41, 5.74) is 7.19. The van der Waals surface area contributed by atoms with E-state index < -0.39 is 0 Å². The fraction of sp³-hybridized carbons (Fsp3) is 0.300. The van der Waals surface area contributed by atoms with Crippen molar-refractivity contribution in [3.05, 3.63) is 29.8 Å². The summed E-state index contributed by atoms with van der Waals surface area (Å²) in [4.78, 5) is 10.7. The number of rotatable bonds is 3. The average molecular weight is 231 g/mol. The third-order valence-electron chi connectivity index (χ3n) is 1.86. The average Bonchev–Trinajstić information content (AvgIpc) is 2.17. The van der Waals surface area contributed by atoms with Gasteiger partial charge in [0.2, 0.25) is 5.91 Å². The molecule has 4 nitrogen and oxygen atoms in total. The van der Waals surface area contributed by atoms with Crippen LogP contribution >= 0.6 is 12.4 Å². The van der Waals surface area contributed by atoms with E-state index in [0.717, 1.165) is 11.3 Å². The highest BCUT2D eigenvalue weighted by molar-refractivity contribution is 5.88. The Kier molecular flexibility index (Phi) is 5.93. The molecular weight excluding hydrogens is 216 g/mol. The van der Waals surface area contributed by atoms with Gasteiger partial charge < -0.3 is 16.2 Å². The maximum absolute atomic E-state index is 10.7. The Balaban J connectivity index is 0.00000196. The van der Waals surface area contributed by atoms with E-state index in [9.17, 15) is 4.79 Å². The number of carbonyl (C=O) groups excluding carboxylic acids is 1. The molecule has 1 rings (SSSR count). The van der Waals surface area contributed by atoms with Crippen molar-refractivity contribution in [2.24, 2.45) is 5.73 Å². The van der Waals surface area contributed by atoms with Crippen molar-refractivity contribution in [1.82, 2.24) is 0 Å². The zero-order chi connectivity index (χ0) is 10.6. The highest BCUT2D eigenvalue weighted by Gasteiger charge is 2.03. The molecule has 1 atom stereocenters. The molecule has 0 aromatic heterocycles. The van der Waals surface area contributed by atoms with E-state index in [1.54, 1.807) is 24.3 Å². The summed E-state index contributed by atoms with van der Waals surface area (Å²) >= 11 is 0. The van der Waals surface area contributed by atoms with Gasteiger partial charge in [0.15, 0.2) is 0 Å². The Hall–Kier alpha value is -1.10. The van der Waals surface area contributed by atoms with Crippen LogP contribution in [0.4, 0.5) is 5.69 Å². The summed E-state index contributed by atoms with van der Waals surface area (Å²) in [7, 11) is 0. The maximum Gasteiger partial charge on any atom is 0.221 e. The summed E-state index contributed by atoms with van der Waals surface area (Å²) < 4.78 is 0. The lowest BCUT2D eigenvalue weighted by molar-refractivity contribution is -0.114. The van der Waals surface area contributed by atoms with E-state index in [4.69, 9.17) is 10.8 Å². The number of carbonyl (C=O) groups is 1. The third-order valence-corrected chi connectivity index (χ3v) is 1.86. The van der Waals surface area contributed by atoms with Crippen molar-refractivity contribution in [2.45, 2.75) is 13.0 Å². The number of hydrogen-bond donors (Lipinski definition) is 3. The minimum Gasteiger partial charge on any atom is -0.394 e. The lowest BCUT2D eigenvalue weighted by atomic mass is 10.1. The van der Waals surface area contributed by atoms with Gasteiger partial charge in [0.05, 0.1) is 12.6 Å². The smallest absolute Gasteiger partial charge is 0.221 e. The topological polar surface area (TPSA) is 75.4 Å². The van der Waals surface area contributed by atoms with E-state index in [1.807, 2.05) is 0 Å². The van der Waals surface area contributed by atoms with Crippen LogP contribution in [0.3, 0.4) is 0 Å². The van der Waals surface area contributed by atoms with E-state index in [1.165, 1.54) is 6.92 Å². The highest BCUT2D eigenvalue weighted by Crippen LogP contribution is 2.13. The molecule has 0 saturated heterocycles. The fourth-order valence-electron chi connectivity index (χ4n) is 1.12. The first-order valence-electron chi connectivity index (χ1n) is 4.37. The van der Waals surface area contributed by atoms with Crippen molar-refractivity contribution in [3.63, 3.8) is 0 Å². The van der Waals surface area contributed by atoms with Crippen LogP contribution in [0.15, 0.2) is 24.3 Å². The number of benzene rings is 1. The Morgan fingerprint density at radius 3 is 2.40 bits per heavy atom. The predicted molar refractivity (Wildman–Crippen MR) is 62.0 cm³/mol. The van der Waals surface area contributed by atoms with Gasteiger partial charge in [-0.1, -0.05) is 12.1 Å². The van der Waals surface area contributed by atoms with Crippen LogP contribution in [0.5, 0.6) is 0 Å². The second kappa shape index (κ2) is 6.40. The van der Waals surface area contributed by atoms with Gasteiger partial charge in [-0.15, -0.1) is 12.4 Å². The Morgan fingerprint density at radius 2 is 2.00 bits per heavy atom. The van der Waals surface area contributed by atoms with Gasteiger partial charge in [-0.2, -0.15) is 0 Å². The molecule has 0 radical (unpaired) electrons. The van der Waals surface area contributed by atoms with Crippen molar-refractivity contribution < 1.29 is 9.90 Å². The molecule has 0 heterocycles. The largest absolute Gasteiger partial charge is 0.394 e. The number of aliphatic hydroxyl groups excluding tert-OH is 1. The minimum atomic E-state index is -0.360. The van der Waals surface area contributed by atoms with Crippen LogP contribution in [0.25, 0.3) is 0 Å². The summed E-state index contributed by atoms with van der Waals surface area (Å²) in [5.74, 6) is -0.107. The first-order chi connectivity index (χ1) is 6.63. The second-order valence-corrected chi connectivity index (χ2v) is 3.09. The molecule has 1 aromatic carbocycles. The third kappa shape index (κ3) is 4.29. The lowest BCUT2D eigenvalue weighted by Gasteiger charge is -2.09. The van der Waals surface area contributed by atoms with Gasteiger partial charge in [0.1, 0.15) is 0 Å². The molecule has 1 aromatic rings. The van der Waals surface area contributed by atoms with Crippen molar-refractivity contribution in [3.8, 4) is 0 Å². The number of aliphatic hydroxyl groups is 1. The first-order valence-corrected chi connectivity index (χ1v) is 4.37. The second-order valence-electron chi connectivity index (χ2n) is 3.09. The number of halogens is 1. The number of nitrogens with two attached hydrogens (primary N) is 1. The Labute approximate surface area is 94.9 Å². The van der Waals surface area contributed by atoms with Gasteiger partial charge in [-0.3, -0.25) is 4.79 Å². The normalized spacial score (nSPS) is 11.4. The zero-order valence-electron chi connectivity index (χ0n) is 8.43. The predicted octanol–water partition coefficient (Wildman–Crippen LogP) is 1.06. The standard InChI is InChI=1S/C10H14N2O2.ClH/c1-7(14)12-9-4-2-8(3-5-9)10(11)6-13;/h2-5,10,13H,6,11H2,1H3,(H,12,14);1H/t10-;/m0./s1. The van der Waals surface area contributed by atoms with Crippen molar-refractivity contribution >= 4 is 24.0 Å². The van der Waals surface area contributed by atoms with E-state index in [-0.39, 0.29) is 31.0 Å². The summed E-state index contributed by atoms with van der Waals surface area (Å²) in [5, 5.41) is 11.5. The number of anilines is 1. The molecule has 1 amide bonds. The molecular formula is C10H15ClN2O2. The molecule has 0 aliphatic heterocycles. The van der Waals surface area contributed by atoms with Gasteiger partial charge in [-0.05, 0) is 17.7 Å². The molecule has 84 valence electrons. The molecule has 5 heteroatoms. The van der Waals surface area contributed by atoms with Crippen LogP contribution in [0.1, 0.15) is 18.5 Å². The quantitative estimate of drug-likeness (QED) is 0.727. The van der Waals surface area contributed by atoms with Gasteiger partial charge in [0, 0.05) is 12.6 Å². The number of hydrogen-bond acceptors (Lipinski definition) is 3. The molecule has 0 aliphatic rings. The van der Waals surface area contributed by atoms with Crippen LogP contribution in [0, 0.1) is 0 Å². The van der Waals surface area contributed by atoms with Gasteiger partial charge in [0.25, 0.3) is 0 Å². The molecule has 0 fully saturated rings. The molecule has 0 spiro atoms. The number of nitrogens with one attached hydrogen (secondary N) is 1. The highest BCUT2D eigenvalue weighted by atomic mass is 35.5. The first kappa shape index (κ1) is 13.9. The molecule has 0 bridgehead atoms. The SMILES string of the molecule is CC(=O)Nc1ccc([C@@H](N)CO)cc1.Cl. The fourth-order valence-corrected chi connectivity index (χ4v) is 1.12. The monoisotopic (exact) mass is 230 g/mol. The Morgan fingerprint density at radius 1 is 1.47 bits per heavy atom. The van der Waals surface area contributed by atoms with Crippen LogP contribution in [-0.4, -0.2) is 17.6 Å². The van der Waals surface area contributed by atoms with Crippen LogP contribution in [-0.2, 0) is 4.79 Å². The van der Waals surface area contributed by atoms with Crippen molar-refractivity contribution in [1.29, 1.82) is 0 Å². The summed E-state index contributed by atoms with van der Waals surface area (Å²) in [6.45, 7) is 1.37. The zero-order valence-corrected chi connectivity index (χ0v) is 9.25. The van der Waals surface area contributed by atoms with Crippen LogP contribution < -0.4 is 11.1 Å². The van der Waals surface area contributed by atoms with E-state index in [2.05, 4.69) is 5.32 Å². The number of amides is 1.